The zero-order valence-electron chi connectivity index (χ0n) is 20.5. The van der Waals surface area contributed by atoms with Crippen LogP contribution in [0.1, 0.15) is 18.1 Å². The molecule has 0 aliphatic carbocycles. The second-order valence-electron chi connectivity index (χ2n) is 8.46. The molecule has 2 aromatic heterocycles. The molecule has 0 saturated heterocycles. The number of anilines is 2. The molecule has 3 aromatic carbocycles. The minimum atomic E-state index is -0.319. The highest BCUT2D eigenvalue weighted by atomic mass is 16.5. The predicted octanol–water partition coefficient (Wildman–Crippen LogP) is 6.00. The molecule has 0 saturated carbocycles. The molecule has 0 aliphatic heterocycles. The summed E-state index contributed by atoms with van der Waals surface area (Å²) in [5.41, 5.74) is 5.05. The fraction of sp³-hybridized carbons (Fsp3) is 0.143. The van der Waals surface area contributed by atoms with Crippen molar-refractivity contribution in [3.8, 4) is 28.7 Å². The van der Waals surface area contributed by atoms with Crippen molar-refractivity contribution in [2.45, 2.75) is 20.4 Å². The molecule has 0 aliphatic rings. The largest absolute Gasteiger partial charge is 0.494 e. The van der Waals surface area contributed by atoms with Gasteiger partial charge in [-0.3, -0.25) is 0 Å². The van der Waals surface area contributed by atoms with Gasteiger partial charge >= 0.3 is 6.03 Å². The molecule has 5 aromatic rings. The van der Waals surface area contributed by atoms with E-state index in [1.165, 1.54) is 0 Å². The van der Waals surface area contributed by atoms with Crippen molar-refractivity contribution in [1.29, 1.82) is 0 Å². The summed E-state index contributed by atoms with van der Waals surface area (Å²) in [6.07, 6.45) is 3.59. The van der Waals surface area contributed by atoms with Crippen molar-refractivity contribution in [3.05, 3.63) is 96.4 Å². The van der Waals surface area contributed by atoms with Gasteiger partial charge in [-0.25, -0.2) is 9.78 Å². The number of hydrogen-bond donors (Lipinski definition) is 2. The molecule has 2 N–H and O–H groups in total. The molecule has 0 radical (unpaired) electrons. The van der Waals surface area contributed by atoms with Crippen LogP contribution < -0.4 is 15.4 Å². The van der Waals surface area contributed by atoms with Crippen LogP contribution in [0.15, 0.2) is 89.8 Å². The molecule has 0 atom stereocenters. The number of rotatable bonds is 8. The summed E-state index contributed by atoms with van der Waals surface area (Å²) < 4.78 is 12.8. The molecular formula is C28H26N6O3. The van der Waals surface area contributed by atoms with E-state index in [4.69, 9.17) is 9.26 Å². The lowest BCUT2D eigenvalue weighted by atomic mass is 10.1. The van der Waals surface area contributed by atoms with Gasteiger partial charge in [0.15, 0.2) is 0 Å². The monoisotopic (exact) mass is 494 g/mol. The number of carbonyl (C=O) groups excluding carboxylic acids is 1. The minimum Gasteiger partial charge on any atom is -0.494 e. The summed E-state index contributed by atoms with van der Waals surface area (Å²) >= 11 is 0. The molecule has 37 heavy (non-hydrogen) atoms. The molecule has 2 amide bonds. The van der Waals surface area contributed by atoms with Gasteiger partial charge in [0, 0.05) is 29.7 Å². The number of amides is 2. The van der Waals surface area contributed by atoms with Crippen molar-refractivity contribution in [2.24, 2.45) is 0 Å². The van der Waals surface area contributed by atoms with Gasteiger partial charge in [0.25, 0.3) is 5.89 Å². The van der Waals surface area contributed by atoms with Crippen LogP contribution in [0.2, 0.25) is 0 Å². The van der Waals surface area contributed by atoms with Crippen molar-refractivity contribution in [3.63, 3.8) is 0 Å². The van der Waals surface area contributed by atoms with Gasteiger partial charge in [-0.15, -0.1) is 0 Å². The van der Waals surface area contributed by atoms with Crippen LogP contribution in [0.4, 0.5) is 16.2 Å². The van der Waals surface area contributed by atoms with Crippen LogP contribution in [-0.4, -0.2) is 32.3 Å². The van der Waals surface area contributed by atoms with Gasteiger partial charge in [0.05, 0.1) is 12.9 Å². The number of benzene rings is 3. The first kappa shape index (κ1) is 23.8. The molecule has 9 heteroatoms. The Morgan fingerprint density at radius 1 is 1.00 bits per heavy atom. The van der Waals surface area contributed by atoms with Gasteiger partial charge in [0.2, 0.25) is 5.82 Å². The number of carbonyl (C=O) groups is 1. The van der Waals surface area contributed by atoms with Crippen LogP contribution in [0, 0.1) is 6.92 Å². The average molecular weight is 495 g/mol. The van der Waals surface area contributed by atoms with E-state index in [-0.39, 0.29) is 6.03 Å². The Bertz CT molecular complexity index is 1490. The minimum absolute atomic E-state index is 0.319. The molecule has 0 bridgehead atoms. The van der Waals surface area contributed by atoms with Crippen LogP contribution in [0.25, 0.3) is 23.0 Å². The molecule has 0 fully saturated rings. The molecule has 186 valence electrons. The molecule has 0 unspecified atom stereocenters. The normalized spacial score (nSPS) is 10.8. The number of urea groups is 1. The summed E-state index contributed by atoms with van der Waals surface area (Å²) in [5.74, 6) is 1.66. The van der Waals surface area contributed by atoms with Gasteiger partial charge < -0.3 is 24.5 Å². The molecule has 5 rings (SSSR count). The molecule has 2 heterocycles. The fourth-order valence-corrected chi connectivity index (χ4v) is 3.78. The average Bonchev–Trinajstić information content (AvgIpc) is 3.57. The van der Waals surface area contributed by atoms with Crippen molar-refractivity contribution in [2.75, 3.05) is 17.2 Å². The maximum atomic E-state index is 12.3. The number of aryl methyl sites for hydroxylation is 1. The smallest absolute Gasteiger partial charge is 0.323 e. The number of hydrogen-bond acceptors (Lipinski definition) is 6. The first-order valence-electron chi connectivity index (χ1n) is 11.9. The van der Waals surface area contributed by atoms with Crippen LogP contribution in [0.5, 0.6) is 5.75 Å². The Labute approximate surface area is 214 Å². The zero-order chi connectivity index (χ0) is 25.6. The highest BCUT2D eigenvalue weighted by Gasteiger charge is 2.13. The summed E-state index contributed by atoms with van der Waals surface area (Å²) in [6.45, 7) is 5.15. The zero-order valence-corrected chi connectivity index (χ0v) is 20.5. The van der Waals surface area contributed by atoms with Crippen molar-refractivity contribution in [1.82, 2.24) is 19.7 Å². The van der Waals surface area contributed by atoms with Crippen LogP contribution in [0.3, 0.4) is 0 Å². The number of ether oxygens (including phenoxy) is 1. The summed E-state index contributed by atoms with van der Waals surface area (Å²) in [6, 6.07) is 22.5. The molecule has 9 nitrogen and oxygen atoms in total. The maximum absolute atomic E-state index is 12.3. The Morgan fingerprint density at radius 3 is 2.43 bits per heavy atom. The molecule has 0 spiro atoms. The lowest BCUT2D eigenvalue weighted by molar-refractivity contribution is 0.262. The van der Waals surface area contributed by atoms with Gasteiger partial charge in [-0.1, -0.05) is 41.1 Å². The lowest BCUT2D eigenvalue weighted by Crippen LogP contribution is -2.19. The summed E-state index contributed by atoms with van der Waals surface area (Å²) in [5, 5.41) is 9.73. The quantitative estimate of drug-likeness (QED) is 0.274. The van der Waals surface area contributed by atoms with E-state index in [1.54, 1.807) is 18.5 Å². The SMILES string of the molecule is CCOc1ccc(NC(=O)Nc2ccc(Cn3cnc(-c4nc(-c5cccc(C)c5)no4)c3)cc2)cc1. The number of imidazole rings is 1. The Morgan fingerprint density at radius 2 is 1.73 bits per heavy atom. The van der Waals surface area contributed by atoms with Gasteiger partial charge in [0.1, 0.15) is 11.4 Å². The standard InChI is InChI=1S/C28H26N6O3/c1-3-36-24-13-11-23(12-14-24)31-28(35)30-22-9-7-20(8-10-22)16-34-17-25(29-18-34)27-32-26(33-37-27)21-6-4-5-19(2)15-21/h4-15,17-18H,3,16H2,1-2H3,(H2,30,31,35). The first-order valence-corrected chi connectivity index (χ1v) is 11.9. The predicted molar refractivity (Wildman–Crippen MR) is 141 cm³/mol. The third-order valence-corrected chi connectivity index (χ3v) is 5.55. The van der Waals surface area contributed by atoms with E-state index in [2.05, 4.69) is 25.8 Å². The van der Waals surface area contributed by atoms with Crippen molar-refractivity contribution >= 4 is 17.4 Å². The fourth-order valence-electron chi connectivity index (χ4n) is 3.78. The number of nitrogens with one attached hydrogen (secondary N) is 2. The summed E-state index contributed by atoms with van der Waals surface area (Å²) in [4.78, 5) is 21.2. The van der Waals surface area contributed by atoms with Crippen LogP contribution >= 0.6 is 0 Å². The van der Waals surface area contributed by atoms with E-state index >= 15 is 0 Å². The first-order chi connectivity index (χ1) is 18.1. The van der Waals surface area contributed by atoms with Crippen LogP contribution in [-0.2, 0) is 6.54 Å². The van der Waals surface area contributed by atoms with E-state index in [0.717, 1.165) is 22.4 Å². The Balaban J connectivity index is 1.17. The Hall–Kier alpha value is -4.92. The number of aromatic nitrogens is 4. The number of nitrogens with zero attached hydrogens (tertiary/aromatic N) is 4. The van der Waals surface area contributed by atoms with E-state index < -0.39 is 0 Å². The van der Waals surface area contributed by atoms with E-state index in [0.29, 0.717) is 41.9 Å². The van der Waals surface area contributed by atoms with E-state index in [9.17, 15) is 4.79 Å². The second kappa shape index (κ2) is 10.8. The van der Waals surface area contributed by atoms with E-state index in [1.807, 2.05) is 85.3 Å². The second-order valence-corrected chi connectivity index (χ2v) is 8.46. The van der Waals surface area contributed by atoms with Crippen molar-refractivity contribution < 1.29 is 14.1 Å². The lowest BCUT2D eigenvalue weighted by Gasteiger charge is -2.09. The van der Waals surface area contributed by atoms with Gasteiger partial charge in [-0.05, 0) is 61.9 Å². The maximum Gasteiger partial charge on any atom is 0.323 e. The Kier molecular flexibility index (Phi) is 6.93. The van der Waals surface area contributed by atoms with Gasteiger partial charge in [-0.2, -0.15) is 4.98 Å². The summed E-state index contributed by atoms with van der Waals surface area (Å²) in [7, 11) is 0. The topological polar surface area (TPSA) is 107 Å². The highest BCUT2D eigenvalue weighted by Crippen LogP contribution is 2.22. The third kappa shape index (κ3) is 6.02. The highest BCUT2D eigenvalue weighted by molar-refractivity contribution is 5.99. The molecular weight excluding hydrogens is 468 g/mol. The third-order valence-electron chi connectivity index (χ3n) is 5.55.